The molecular formula is C32H29FN2O5. The number of hydrogen-bond donors (Lipinski definition) is 0. The maximum absolute atomic E-state index is 14.8. The van der Waals surface area contributed by atoms with Gasteiger partial charge in [0.25, 0.3) is 0 Å². The zero-order valence-corrected chi connectivity index (χ0v) is 22.4. The molecule has 1 unspecified atom stereocenters. The van der Waals surface area contributed by atoms with Crippen molar-refractivity contribution in [3.05, 3.63) is 136 Å². The maximum atomic E-state index is 14.8. The first-order valence-corrected chi connectivity index (χ1v) is 12.7. The molecule has 0 spiro atoms. The number of rotatable bonds is 9. The van der Waals surface area contributed by atoms with Crippen molar-refractivity contribution in [2.45, 2.75) is 38.8 Å². The monoisotopic (exact) mass is 540 g/mol. The van der Waals surface area contributed by atoms with Crippen molar-refractivity contribution < 1.29 is 23.6 Å². The van der Waals surface area contributed by atoms with Gasteiger partial charge in [-0.1, -0.05) is 78.9 Å². The average Bonchev–Trinajstić information content (AvgIpc) is 2.91. The van der Waals surface area contributed by atoms with Crippen LogP contribution in [0.2, 0.25) is 0 Å². The van der Waals surface area contributed by atoms with Crippen LogP contribution in [0.4, 0.5) is 10.1 Å². The molecule has 0 heterocycles. The van der Waals surface area contributed by atoms with Gasteiger partial charge in [-0.2, -0.15) is 0 Å². The lowest BCUT2D eigenvalue weighted by molar-refractivity contribution is -0.386. The lowest BCUT2D eigenvalue weighted by atomic mass is 9.99. The molecule has 7 nitrogen and oxygen atoms in total. The van der Waals surface area contributed by atoms with Crippen LogP contribution in [0.25, 0.3) is 0 Å². The minimum atomic E-state index is -1.22. The van der Waals surface area contributed by atoms with Gasteiger partial charge in [-0.25, -0.2) is 9.18 Å². The van der Waals surface area contributed by atoms with Gasteiger partial charge in [0.05, 0.1) is 10.6 Å². The van der Waals surface area contributed by atoms with Gasteiger partial charge in [0.2, 0.25) is 5.75 Å². The summed E-state index contributed by atoms with van der Waals surface area (Å²) in [5.74, 6) is -1.41. The molecule has 4 aromatic carbocycles. The fraction of sp³-hybridized carbons (Fsp3) is 0.188. The quantitative estimate of drug-likeness (QED) is 0.0960. The summed E-state index contributed by atoms with van der Waals surface area (Å²) in [5, 5.41) is 12.2. The van der Waals surface area contributed by atoms with Gasteiger partial charge < -0.3 is 9.47 Å². The van der Waals surface area contributed by atoms with E-state index in [0.717, 1.165) is 23.3 Å². The Bertz CT molecular complexity index is 1460. The molecule has 8 heteroatoms. The molecule has 4 aromatic rings. The number of carbonyl (C=O) groups excluding carboxylic acids is 1. The van der Waals surface area contributed by atoms with Gasteiger partial charge in [0.1, 0.15) is 17.2 Å². The van der Waals surface area contributed by atoms with Crippen LogP contribution in [0.3, 0.4) is 0 Å². The first-order valence-electron chi connectivity index (χ1n) is 12.7. The molecule has 0 fully saturated rings. The molecular weight excluding hydrogens is 511 g/mol. The van der Waals surface area contributed by atoms with E-state index >= 15 is 0 Å². The Morgan fingerprint density at radius 1 is 0.900 bits per heavy atom. The Kier molecular flexibility index (Phi) is 8.69. The number of esters is 1. The van der Waals surface area contributed by atoms with Crippen LogP contribution < -0.4 is 4.74 Å². The fourth-order valence-corrected chi connectivity index (χ4v) is 4.11. The summed E-state index contributed by atoms with van der Waals surface area (Å²) in [5.41, 5.74) is 0.635. The average molecular weight is 541 g/mol. The van der Waals surface area contributed by atoms with Crippen LogP contribution in [0.5, 0.6) is 11.5 Å². The zero-order valence-electron chi connectivity index (χ0n) is 22.4. The molecule has 0 saturated heterocycles. The molecule has 0 N–H and O–H groups in total. The molecule has 0 aliphatic carbocycles. The van der Waals surface area contributed by atoms with E-state index in [0.29, 0.717) is 11.5 Å². The highest BCUT2D eigenvalue weighted by atomic mass is 19.1. The van der Waals surface area contributed by atoms with Gasteiger partial charge in [-0.05, 0) is 39.0 Å². The lowest BCUT2D eigenvalue weighted by Crippen LogP contribution is -2.33. The first-order chi connectivity index (χ1) is 19.1. The standard InChI is InChI=1S/C32H29FN2O5/c1-32(2,3)40-31(36)27(34-29(22-13-7-4-8-14-22)23-15-9-5-10-16-23)20-24-19-25(33)21-28(30(24)35(37)38)39-26-17-11-6-12-18-26/h4-19,21,27H,20H2,1-3H3. The number of aliphatic imine (C=N–C) groups is 1. The predicted molar refractivity (Wildman–Crippen MR) is 151 cm³/mol. The van der Waals surface area contributed by atoms with Crippen LogP contribution in [-0.2, 0) is 16.0 Å². The third kappa shape index (κ3) is 7.38. The van der Waals surface area contributed by atoms with Crippen LogP contribution in [0.15, 0.2) is 108 Å². The summed E-state index contributed by atoms with van der Waals surface area (Å²) in [6.07, 6.45) is -0.294. The van der Waals surface area contributed by atoms with E-state index in [1.54, 1.807) is 51.1 Å². The number of nitro groups is 1. The summed E-state index contributed by atoms with van der Waals surface area (Å²) in [4.78, 5) is 29.9. The van der Waals surface area contributed by atoms with Crippen LogP contribution in [-0.4, -0.2) is 28.2 Å². The highest BCUT2D eigenvalue weighted by Crippen LogP contribution is 2.36. The molecule has 4 rings (SSSR count). The summed E-state index contributed by atoms with van der Waals surface area (Å²) >= 11 is 0. The summed E-state index contributed by atoms with van der Waals surface area (Å²) < 4.78 is 26.2. The van der Waals surface area contributed by atoms with Crippen molar-refractivity contribution in [1.82, 2.24) is 0 Å². The number of para-hydroxylation sites is 1. The molecule has 1 atom stereocenters. The molecule has 40 heavy (non-hydrogen) atoms. The summed E-state index contributed by atoms with van der Waals surface area (Å²) in [6, 6.07) is 27.7. The third-order valence-corrected chi connectivity index (χ3v) is 5.74. The molecule has 0 radical (unpaired) electrons. The molecule has 0 saturated carbocycles. The smallest absolute Gasteiger partial charge is 0.331 e. The summed E-state index contributed by atoms with van der Waals surface area (Å²) in [7, 11) is 0. The van der Waals surface area contributed by atoms with E-state index < -0.39 is 34.0 Å². The normalized spacial score (nSPS) is 11.8. The van der Waals surface area contributed by atoms with Gasteiger partial charge in [-0.15, -0.1) is 0 Å². The molecule has 0 aromatic heterocycles. The Balaban J connectivity index is 1.85. The van der Waals surface area contributed by atoms with Crippen LogP contribution in [0, 0.1) is 15.9 Å². The van der Waals surface area contributed by atoms with Crippen molar-refractivity contribution in [2.24, 2.45) is 4.99 Å². The fourth-order valence-electron chi connectivity index (χ4n) is 4.11. The highest BCUT2D eigenvalue weighted by Gasteiger charge is 2.31. The second-order valence-electron chi connectivity index (χ2n) is 10.0. The topological polar surface area (TPSA) is 91.0 Å². The predicted octanol–water partition coefficient (Wildman–Crippen LogP) is 7.32. The number of halogens is 1. The Hall–Kier alpha value is -4.85. The minimum Gasteiger partial charge on any atom is -0.458 e. The van der Waals surface area contributed by atoms with E-state index in [1.807, 2.05) is 60.7 Å². The Labute approximate surface area is 232 Å². The number of carbonyl (C=O) groups is 1. The van der Waals surface area contributed by atoms with Gasteiger partial charge >= 0.3 is 11.7 Å². The van der Waals surface area contributed by atoms with E-state index in [9.17, 15) is 19.3 Å². The van der Waals surface area contributed by atoms with Gasteiger partial charge in [-0.3, -0.25) is 15.1 Å². The molecule has 204 valence electrons. The van der Waals surface area contributed by atoms with Gasteiger partial charge in [0.15, 0.2) is 6.04 Å². The van der Waals surface area contributed by atoms with Gasteiger partial charge in [0, 0.05) is 29.2 Å². The molecule has 0 aliphatic rings. The number of nitrogens with zero attached hydrogens (tertiary/aromatic N) is 2. The molecule has 0 aliphatic heterocycles. The van der Waals surface area contributed by atoms with E-state index in [4.69, 9.17) is 14.5 Å². The highest BCUT2D eigenvalue weighted by molar-refractivity contribution is 6.13. The number of ether oxygens (including phenoxy) is 2. The Morgan fingerprint density at radius 3 is 1.93 bits per heavy atom. The van der Waals surface area contributed by atoms with Crippen molar-refractivity contribution in [3.63, 3.8) is 0 Å². The zero-order chi connectivity index (χ0) is 28.7. The largest absolute Gasteiger partial charge is 0.458 e. The number of hydrogen-bond acceptors (Lipinski definition) is 6. The molecule has 0 bridgehead atoms. The third-order valence-electron chi connectivity index (χ3n) is 5.74. The molecule has 0 amide bonds. The van der Waals surface area contributed by atoms with Crippen LogP contribution in [0.1, 0.15) is 37.5 Å². The minimum absolute atomic E-state index is 0.0454. The Morgan fingerprint density at radius 2 is 1.43 bits per heavy atom. The second kappa shape index (κ2) is 12.3. The van der Waals surface area contributed by atoms with Crippen LogP contribution >= 0.6 is 0 Å². The van der Waals surface area contributed by atoms with E-state index in [1.165, 1.54) is 0 Å². The van der Waals surface area contributed by atoms with E-state index in [2.05, 4.69) is 0 Å². The van der Waals surface area contributed by atoms with Crippen molar-refractivity contribution in [1.29, 1.82) is 0 Å². The first kappa shape index (κ1) is 28.2. The second-order valence-corrected chi connectivity index (χ2v) is 10.0. The number of benzene rings is 4. The SMILES string of the molecule is CC(C)(C)OC(=O)C(Cc1cc(F)cc(Oc2ccccc2)c1[N+](=O)[O-])N=C(c1ccccc1)c1ccccc1. The van der Waals surface area contributed by atoms with E-state index in [-0.39, 0.29) is 17.7 Å². The lowest BCUT2D eigenvalue weighted by Gasteiger charge is -2.23. The maximum Gasteiger partial charge on any atom is 0.331 e. The van der Waals surface area contributed by atoms with Crippen molar-refractivity contribution in [3.8, 4) is 11.5 Å². The van der Waals surface area contributed by atoms with Crippen molar-refractivity contribution in [2.75, 3.05) is 0 Å². The van der Waals surface area contributed by atoms with Crippen molar-refractivity contribution >= 4 is 17.4 Å². The summed E-state index contributed by atoms with van der Waals surface area (Å²) in [6.45, 7) is 5.16. The number of nitro benzene ring substituents is 1.